The van der Waals surface area contributed by atoms with E-state index in [1.807, 2.05) is 18.2 Å². The third kappa shape index (κ3) is 3.88. The number of nitrogens with one attached hydrogen (secondary N) is 1. The van der Waals surface area contributed by atoms with Gasteiger partial charge in [0.15, 0.2) is 0 Å². The highest BCUT2D eigenvalue weighted by Crippen LogP contribution is 2.12. The van der Waals surface area contributed by atoms with E-state index in [9.17, 15) is 0 Å². The number of hydrogen-bond acceptors (Lipinski definition) is 6. The number of nitrogen functional groups attached to an aromatic ring is 1. The largest absolute Gasteiger partial charge is 0.368 e. The molecule has 1 aromatic heterocycles. The molecular formula is C15H20N6. The third-order valence-corrected chi connectivity index (χ3v) is 3.56. The molecule has 1 fully saturated rings. The van der Waals surface area contributed by atoms with Crippen molar-refractivity contribution in [1.82, 2.24) is 19.9 Å². The summed E-state index contributed by atoms with van der Waals surface area (Å²) in [6.07, 6.45) is 2.50. The fourth-order valence-electron chi connectivity index (χ4n) is 2.51. The second-order valence-electron chi connectivity index (χ2n) is 5.26. The SMILES string of the molecule is Nc1nc(CN2CCCC2)nc(NCc2ccccc2)n1. The van der Waals surface area contributed by atoms with Gasteiger partial charge in [-0.1, -0.05) is 30.3 Å². The molecule has 6 nitrogen and oxygen atoms in total. The lowest BCUT2D eigenvalue weighted by Gasteiger charge is -2.14. The van der Waals surface area contributed by atoms with Crippen molar-refractivity contribution >= 4 is 11.9 Å². The van der Waals surface area contributed by atoms with E-state index in [1.54, 1.807) is 0 Å². The van der Waals surface area contributed by atoms with E-state index in [0.29, 0.717) is 12.5 Å². The molecule has 0 atom stereocenters. The number of nitrogens with zero attached hydrogens (tertiary/aromatic N) is 4. The number of benzene rings is 1. The minimum atomic E-state index is 0.273. The Balaban J connectivity index is 1.65. The van der Waals surface area contributed by atoms with Crippen LogP contribution in [0.3, 0.4) is 0 Å². The first-order chi connectivity index (χ1) is 10.3. The number of nitrogens with two attached hydrogens (primary N) is 1. The predicted octanol–water partition coefficient (Wildman–Crippen LogP) is 1.66. The van der Waals surface area contributed by atoms with Gasteiger partial charge in [-0.05, 0) is 31.5 Å². The van der Waals surface area contributed by atoms with E-state index >= 15 is 0 Å². The van der Waals surface area contributed by atoms with Gasteiger partial charge < -0.3 is 11.1 Å². The van der Waals surface area contributed by atoms with Crippen molar-refractivity contribution in [2.45, 2.75) is 25.9 Å². The van der Waals surface area contributed by atoms with Crippen LogP contribution in [0, 0.1) is 0 Å². The lowest BCUT2D eigenvalue weighted by Crippen LogP contribution is -2.21. The molecular weight excluding hydrogens is 264 g/mol. The zero-order valence-electron chi connectivity index (χ0n) is 12.0. The highest BCUT2D eigenvalue weighted by Gasteiger charge is 2.14. The van der Waals surface area contributed by atoms with Gasteiger partial charge in [-0.25, -0.2) is 0 Å². The second kappa shape index (κ2) is 6.49. The molecule has 2 heterocycles. The van der Waals surface area contributed by atoms with Gasteiger partial charge in [0.05, 0.1) is 6.54 Å². The topological polar surface area (TPSA) is 80.0 Å². The minimum absolute atomic E-state index is 0.273. The predicted molar refractivity (Wildman–Crippen MR) is 82.5 cm³/mol. The highest BCUT2D eigenvalue weighted by atomic mass is 15.2. The number of hydrogen-bond donors (Lipinski definition) is 2. The van der Waals surface area contributed by atoms with Gasteiger partial charge in [0.2, 0.25) is 11.9 Å². The molecule has 0 amide bonds. The summed E-state index contributed by atoms with van der Waals surface area (Å²) in [5, 5.41) is 3.21. The van der Waals surface area contributed by atoms with Crippen molar-refractivity contribution in [2.24, 2.45) is 0 Å². The summed E-state index contributed by atoms with van der Waals surface area (Å²) < 4.78 is 0. The van der Waals surface area contributed by atoms with Crippen molar-refractivity contribution in [2.75, 3.05) is 24.1 Å². The Kier molecular flexibility index (Phi) is 4.25. The molecule has 1 aromatic carbocycles. The van der Waals surface area contributed by atoms with Gasteiger partial charge >= 0.3 is 0 Å². The molecule has 0 unspecified atom stereocenters. The van der Waals surface area contributed by atoms with Crippen LogP contribution in [-0.2, 0) is 13.1 Å². The Morgan fingerprint density at radius 3 is 2.57 bits per heavy atom. The molecule has 21 heavy (non-hydrogen) atoms. The molecule has 0 spiro atoms. The van der Waals surface area contributed by atoms with Crippen LogP contribution in [0.1, 0.15) is 24.2 Å². The van der Waals surface area contributed by atoms with Crippen LogP contribution in [0.5, 0.6) is 0 Å². The average molecular weight is 284 g/mol. The summed E-state index contributed by atoms with van der Waals surface area (Å²) in [5.41, 5.74) is 6.96. The quantitative estimate of drug-likeness (QED) is 0.869. The fourth-order valence-corrected chi connectivity index (χ4v) is 2.51. The van der Waals surface area contributed by atoms with Gasteiger partial charge in [-0.3, -0.25) is 4.90 Å². The molecule has 110 valence electrons. The van der Waals surface area contributed by atoms with Gasteiger partial charge in [0.25, 0.3) is 0 Å². The van der Waals surface area contributed by atoms with Crippen LogP contribution < -0.4 is 11.1 Å². The highest BCUT2D eigenvalue weighted by molar-refractivity contribution is 5.32. The Morgan fingerprint density at radius 1 is 1.05 bits per heavy atom. The number of rotatable bonds is 5. The Bertz CT molecular complexity index is 580. The lowest BCUT2D eigenvalue weighted by atomic mass is 10.2. The average Bonchev–Trinajstić information content (AvgIpc) is 2.99. The zero-order valence-corrected chi connectivity index (χ0v) is 12.0. The van der Waals surface area contributed by atoms with E-state index in [1.165, 1.54) is 18.4 Å². The Hall–Kier alpha value is -2.21. The van der Waals surface area contributed by atoms with Crippen molar-refractivity contribution in [3.05, 3.63) is 41.7 Å². The van der Waals surface area contributed by atoms with E-state index in [0.717, 1.165) is 25.5 Å². The summed E-state index contributed by atoms with van der Waals surface area (Å²) in [6, 6.07) is 10.1. The summed E-state index contributed by atoms with van der Waals surface area (Å²) >= 11 is 0. The van der Waals surface area contributed by atoms with Gasteiger partial charge in [-0.2, -0.15) is 15.0 Å². The summed E-state index contributed by atoms with van der Waals surface area (Å²) in [6.45, 7) is 3.64. The first-order valence-electron chi connectivity index (χ1n) is 7.30. The number of anilines is 2. The summed E-state index contributed by atoms with van der Waals surface area (Å²) in [7, 11) is 0. The van der Waals surface area contributed by atoms with Gasteiger partial charge in [0, 0.05) is 6.54 Å². The Labute approximate surface area is 124 Å². The molecule has 2 aromatic rings. The van der Waals surface area contributed by atoms with E-state index in [2.05, 4.69) is 37.3 Å². The number of likely N-dealkylation sites (tertiary alicyclic amines) is 1. The van der Waals surface area contributed by atoms with E-state index in [4.69, 9.17) is 5.73 Å². The first kappa shape index (κ1) is 13.8. The number of aromatic nitrogens is 3. The molecule has 0 aliphatic carbocycles. The molecule has 1 saturated heterocycles. The van der Waals surface area contributed by atoms with Crippen LogP contribution in [0.2, 0.25) is 0 Å². The molecule has 0 bridgehead atoms. The first-order valence-corrected chi connectivity index (χ1v) is 7.30. The van der Waals surface area contributed by atoms with Crippen molar-refractivity contribution in [3.8, 4) is 0 Å². The molecule has 0 radical (unpaired) electrons. The zero-order chi connectivity index (χ0) is 14.5. The maximum Gasteiger partial charge on any atom is 0.228 e. The molecule has 6 heteroatoms. The van der Waals surface area contributed by atoms with Crippen LogP contribution in [0.15, 0.2) is 30.3 Å². The van der Waals surface area contributed by atoms with Crippen molar-refractivity contribution < 1.29 is 0 Å². The molecule has 1 aliphatic rings. The maximum absolute atomic E-state index is 5.78. The third-order valence-electron chi connectivity index (χ3n) is 3.56. The van der Waals surface area contributed by atoms with Crippen LogP contribution in [-0.4, -0.2) is 32.9 Å². The van der Waals surface area contributed by atoms with Crippen molar-refractivity contribution in [3.63, 3.8) is 0 Å². The second-order valence-corrected chi connectivity index (χ2v) is 5.26. The smallest absolute Gasteiger partial charge is 0.228 e. The Morgan fingerprint density at radius 2 is 1.81 bits per heavy atom. The molecule has 0 saturated carbocycles. The van der Waals surface area contributed by atoms with Gasteiger partial charge in [-0.15, -0.1) is 0 Å². The summed E-state index contributed by atoms with van der Waals surface area (Å²) in [4.78, 5) is 15.2. The monoisotopic (exact) mass is 284 g/mol. The summed E-state index contributed by atoms with van der Waals surface area (Å²) in [5.74, 6) is 1.55. The van der Waals surface area contributed by atoms with Crippen LogP contribution >= 0.6 is 0 Å². The lowest BCUT2D eigenvalue weighted by molar-refractivity contribution is 0.322. The standard InChI is InChI=1S/C15H20N6/c16-14-18-13(11-21-8-4-5-9-21)19-15(20-14)17-10-12-6-2-1-3-7-12/h1-3,6-7H,4-5,8-11H2,(H3,16,17,18,19,20). The fraction of sp³-hybridized carbons (Fsp3) is 0.400. The molecule has 3 N–H and O–H groups in total. The van der Waals surface area contributed by atoms with E-state index < -0.39 is 0 Å². The maximum atomic E-state index is 5.78. The minimum Gasteiger partial charge on any atom is -0.368 e. The van der Waals surface area contributed by atoms with Crippen molar-refractivity contribution in [1.29, 1.82) is 0 Å². The normalized spacial score (nSPS) is 15.2. The molecule has 3 rings (SSSR count). The molecule has 1 aliphatic heterocycles. The van der Waals surface area contributed by atoms with Crippen LogP contribution in [0.4, 0.5) is 11.9 Å². The van der Waals surface area contributed by atoms with E-state index in [-0.39, 0.29) is 5.95 Å². The van der Waals surface area contributed by atoms with Gasteiger partial charge in [0.1, 0.15) is 5.82 Å². The van der Waals surface area contributed by atoms with Crippen LogP contribution in [0.25, 0.3) is 0 Å².